The fraction of sp³-hybridized carbons (Fsp3) is 0.368. The van der Waals surface area contributed by atoms with E-state index in [-0.39, 0.29) is 18.4 Å². The normalized spacial score (nSPS) is 16.2. The van der Waals surface area contributed by atoms with Crippen molar-refractivity contribution in [3.63, 3.8) is 0 Å². The Balaban J connectivity index is 0.00000300. The predicted molar refractivity (Wildman–Crippen MR) is 105 cm³/mol. The number of nitrogens with one attached hydrogen (secondary N) is 1. The lowest BCUT2D eigenvalue weighted by Crippen LogP contribution is -2.44. The maximum Gasteiger partial charge on any atom is 0.573 e. The lowest BCUT2D eigenvalue weighted by Gasteiger charge is -2.32. The molecule has 2 aromatic rings. The summed E-state index contributed by atoms with van der Waals surface area (Å²) in [6, 6.07) is 14.4. The fourth-order valence-corrected chi connectivity index (χ4v) is 4.65. The maximum absolute atomic E-state index is 12.6. The highest BCUT2D eigenvalue weighted by Crippen LogP contribution is 2.29. The summed E-state index contributed by atoms with van der Waals surface area (Å²) >= 11 is 0. The van der Waals surface area contributed by atoms with Gasteiger partial charge in [-0.3, -0.25) is 4.90 Å². The summed E-state index contributed by atoms with van der Waals surface area (Å²) in [5.74, 6) is -0.732. The van der Waals surface area contributed by atoms with Crippen molar-refractivity contribution in [1.82, 2.24) is 9.62 Å². The molecule has 0 unspecified atom stereocenters. The maximum atomic E-state index is 12.6. The second kappa shape index (κ2) is 9.80. The van der Waals surface area contributed by atoms with Crippen LogP contribution in [-0.4, -0.2) is 38.8 Å². The zero-order chi connectivity index (χ0) is 20.2. The van der Waals surface area contributed by atoms with Crippen molar-refractivity contribution in [1.29, 1.82) is 0 Å². The molecule has 1 saturated heterocycles. The van der Waals surface area contributed by atoms with Gasteiger partial charge < -0.3 is 4.74 Å². The standard InChI is InChI=1S/C19H21F3N2O3S.ClH/c20-19(21,22)27-17-8-4-5-9-18(17)28(25,26)23-16-10-12-24(13-11-16)14-15-6-2-1-3-7-15;/h1-9,16,23H,10-14H2;1H. The number of rotatable bonds is 6. The summed E-state index contributed by atoms with van der Waals surface area (Å²) in [6.07, 6.45) is -3.81. The smallest absolute Gasteiger partial charge is 0.404 e. The Morgan fingerprint density at radius 1 is 1.00 bits per heavy atom. The van der Waals surface area contributed by atoms with Crippen LogP contribution in [0.15, 0.2) is 59.5 Å². The minimum atomic E-state index is -4.96. The summed E-state index contributed by atoms with van der Waals surface area (Å²) in [4.78, 5) is 1.71. The van der Waals surface area contributed by atoms with Crippen LogP contribution >= 0.6 is 12.4 Å². The highest BCUT2D eigenvalue weighted by atomic mass is 35.5. The molecule has 0 aliphatic carbocycles. The van der Waals surface area contributed by atoms with Gasteiger partial charge in [-0.1, -0.05) is 42.5 Å². The van der Waals surface area contributed by atoms with Gasteiger partial charge in [0.1, 0.15) is 10.6 Å². The molecule has 10 heteroatoms. The number of halogens is 4. The van der Waals surface area contributed by atoms with Crippen molar-refractivity contribution in [2.75, 3.05) is 13.1 Å². The van der Waals surface area contributed by atoms with Crippen LogP contribution in [0.25, 0.3) is 0 Å². The van der Waals surface area contributed by atoms with E-state index >= 15 is 0 Å². The Morgan fingerprint density at radius 3 is 2.21 bits per heavy atom. The molecule has 0 saturated carbocycles. The molecule has 3 rings (SSSR count). The molecule has 1 aliphatic rings. The average Bonchev–Trinajstić information content (AvgIpc) is 2.63. The van der Waals surface area contributed by atoms with Crippen LogP contribution in [0.2, 0.25) is 0 Å². The average molecular weight is 451 g/mol. The highest BCUT2D eigenvalue weighted by molar-refractivity contribution is 7.89. The topological polar surface area (TPSA) is 58.6 Å². The molecule has 160 valence electrons. The van der Waals surface area contributed by atoms with Crippen LogP contribution in [0.4, 0.5) is 13.2 Å². The molecular formula is C19H22ClF3N2O3S. The molecule has 1 N–H and O–H groups in total. The number of nitrogens with zero attached hydrogens (tertiary/aromatic N) is 1. The third-order valence-electron chi connectivity index (χ3n) is 4.52. The minimum absolute atomic E-state index is 0. The Hall–Kier alpha value is -1.81. The molecule has 0 amide bonds. The summed E-state index contributed by atoms with van der Waals surface area (Å²) in [5, 5.41) is 0. The molecule has 29 heavy (non-hydrogen) atoms. The summed E-state index contributed by atoms with van der Waals surface area (Å²) in [6.45, 7) is 2.17. The lowest BCUT2D eigenvalue weighted by molar-refractivity contribution is -0.275. The molecule has 0 aromatic heterocycles. The summed E-state index contributed by atoms with van der Waals surface area (Å²) in [7, 11) is -4.13. The van der Waals surface area contributed by atoms with E-state index < -0.39 is 27.0 Å². The van der Waals surface area contributed by atoms with Gasteiger partial charge in [0.25, 0.3) is 0 Å². The number of likely N-dealkylation sites (tertiary alicyclic amines) is 1. The lowest BCUT2D eigenvalue weighted by atomic mass is 10.1. The van der Waals surface area contributed by atoms with Gasteiger partial charge in [0.15, 0.2) is 0 Å². The Labute approximate surface area is 174 Å². The Morgan fingerprint density at radius 2 is 1.59 bits per heavy atom. The van der Waals surface area contributed by atoms with Crippen LogP contribution in [0.3, 0.4) is 0 Å². The van der Waals surface area contributed by atoms with Gasteiger partial charge in [0, 0.05) is 25.7 Å². The Kier molecular flexibility index (Phi) is 7.93. The number of alkyl halides is 3. The van der Waals surface area contributed by atoms with Gasteiger partial charge >= 0.3 is 6.36 Å². The zero-order valence-corrected chi connectivity index (χ0v) is 17.1. The van der Waals surface area contributed by atoms with Gasteiger partial charge in [-0.25, -0.2) is 13.1 Å². The number of ether oxygens (including phenoxy) is 1. The first-order valence-corrected chi connectivity index (χ1v) is 10.3. The number of piperidine rings is 1. The van der Waals surface area contributed by atoms with E-state index in [0.717, 1.165) is 18.7 Å². The number of sulfonamides is 1. The quantitative estimate of drug-likeness (QED) is 0.724. The minimum Gasteiger partial charge on any atom is -0.404 e. The van der Waals surface area contributed by atoms with Crippen molar-refractivity contribution in [2.24, 2.45) is 0 Å². The SMILES string of the molecule is Cl.O=S(=O)(NC1CCN(Cc2ccccc2)CC1)c1ccccc1OC(F)(F)F. The van der Waals surface area contributed by atoms with Crippen molar-refractivity contribution >= 4 is 22.4 Å². The molecule has 0 spiro atoms. The molecule has 0 radical (unpaired) electrons. The van der Waals surface area contributed by atoms with E-state index in [1.165, 1.54) is 17.7 Å². The van der Waals surface area contributed by atoms with E-state index in [0.29, 0.717) is 25.9 Å². The summed E-state index contributed by atoms with van der Waals surface area (Å²) < 4.78 is 69.2. The highest BCUT2D eigenvalue weighted by Gasteiger charge is 2.34. The molecular weight excluding hydrogens is 429 g/mol. The summed E-state index contributed by atoms with van der Waals surface area (Å²) in [5.41, 5.74) is 1.18. The van der Waals surface area contributed by atoms with Crippen LogP contribution < -0.4 is 9.46 Å². The number of hydrogen-bond acceptors (Lipinski definition) is 4. The molecule has 5 nitrogen and oxygen atoms in total. The Bertz CT molecular complexity index is 887. The first-order chi connectivity index (χ1) is 13.2. The van der Waals surface area contributed by atoms with E-state index in [9.17, 15) is 21.6 Å². The first-order valence-electron chi connectivity index (χ1n) is 8.86. The molecule has 1 aliphatic heterocycles. The van der Waals surface area contributed by atoms with Gasteiger partial charge in [-0.15, -0.1) is 25.6 Å². The number of hydrogen-bond donors (Lipinski definition) is 1. The van der Waals surface area contributed by atoms with Crippen LogP contribution in [0.5, 0.6) is 5.75 Å². The van der Waals surface area contributed by atoms with Gasteiger partial charge in [0.05, 0.1) is 0 Å². The second-order valence-electron chi connectivity index (χ2n) is 6.65. The van der Waals surface area contributed by atoms with E-state index in [1.54, 1.807) is 0 Å². The zero-order valence-electron chi connectivity index (χ0n) is 15.4. The third-order valence-corrected chi connectivity index (χ3v) is 6.08. The van der Waals surface area contributed by atoms with Crippen LogP contribution in [0, 0.1) is 0 Å². The van der Waals surface area contributed by atoms with Crippen LogP contribution in [-0.2, 0) is 16.6 Å². The number of benzene rings is 2. The molecule has 0 atom stereocenters. The van der Waals surface area contributed by atoms with Gasteiger partial charge in [-0.2, -0.15) is 0 Å². The largest absolute Gasteiger partial charge is 0.573 e. The van der Waals surface area contributed by atoms with Crippen molar-refractivity contribution < 1.29 is 26.3 Å². The van der Waals surface area contributed by atoms with Gasteiger partial charge in [-0.05, 0) is 30.5 Å². The monoisotopic (exact) mass is 450 g/mol. The van der Waals surface area contributed by atoms with Gasteiger partial charge in [0.2, 0.25) is 10.0 Å². The second-order valence-corrected chi connectivity index (χ2v) is 8.33. The molecule has 2 aromatic carbocycles. The van der Waals surface area contributed by atoms with Crippen molar-refractivity contribution in [3.8, 4) is 5.75 Å². The molecule has 0 bridgehead atoms. The molecule has 1 heterocycles. The third kappa shape index (κ3) is 6.88. The predicted octanol–water partition coefficient (Wildman–Crippen LogP) is 3.95. The van der Waals surface area contributed by atoms with Crippen LogP contribution in [0.1, 0.15) is 18.4 Å². The van der Waals surface area contributed by atoms with E-state index in [2.05, 4.69) is 14.4 Å². The fourth-order valence-electron chi connectivity index (χ4n) is 3.21. The first kappa shape index (κ1) is 23.5. The van der Waals surface area contributed by atoms with E-state index in [4.69, 9.17) is 0 Å². The van der Waals surface area contributed by atoms with E-state index in [1.807, 2.05) is 30.3 Å². The van der Waals surface area contributed by atoms with Crippen molar-refractivity contribution in [2.45, 2.75) is 36.7 Å². The number of para-hydroxylation sites is 1. The molecule has 1 fully saturated rings. The van der Waals surface area contributed by atoms with Crippen molar-refractivity contribution in [3.05, 3.63) is 60.2 Å².